The highest BCUT2D eigenvalue weighted by atomic mass is 35.5. The van der Waals surface area contributed by atoms with Crippen LogP contribution in [0.15, 0.2) is 0 Å². The Labute approximate surface area is 134 Å². The van der Waals surface area contributed by atoms with E-state index in [-0.39, 0.29) is 17.8 Å². The van der Waals surface area contributed by atoms with Crippen LogP contribution in [0, 0.1) is 23.2 Å². The van der Waals surface area contributed by atoms with Crippen molar-refractivity contribution in [2.45, 2.75) is 58.2 Å². The van der Waals surface area contributed by atoms with E-state index in [1.807, 2.05) is 13.8 Å². The Morgan fingerprint density at radius 1 is 1.05 bits per heavy atom. The van der Waals surface area contributed by atoms with Crippen LogP contribution >= 0.6 is 20.0 Å². The normalized spacial score (nSPS) is 39.1. The third-order valence-corrected chi connectivity index (χ3v) is 8.14. The van der Waals surface area contributed by atoms with Gasteiger partial charge >= 0.3 is 7.60 Å². The summed E-state index contributed by atoms with van der Waals surface area (Å²) in [6.07, 6.45) is 7.47. The average molecular weight is 338 g/mol. The molecule has 1 atom stereocenters. The monoisotopic (exact) mass is 337 g/mol. The van der Waals surface area contributed by atoms with Crippen LogP contribution in [0.3, 0.4) is 0 Å². The van der Waals surface area contributed by atoms with Crippen molar-refractivity contribution >= 4 is 20.0 Å². The first-order chi connectivity index (χ1) is 9.51. The van der Waals surface area contributed by atoms with Gasteiger partial charge in [0.1, 0.15) is 5.78 Å². The molecule has 1 unspecified atom stereocenters. The fraction of sp³-hybridized carbons (Fsp3) is 1.00. The Morgan fingerprint density at radius 2 is 1.43 bits per heavy atom. The number of rotatable bonds is 6. The van der Waals surface area contributed by atoms with E-state index in [1.54, 1.807) is 0 Å². The summed E-state index contributed by atoms with van der Waals surface area (Å²) in [6.45, 7) is 4.52. The standard InChI is InChI=1S/C15H28NO3P.ClH/c1-3-18-20(17,19-4-2)14(16)15-8-11-5-12(9-15)7-13(6-11)10-15;/h11-14H,3-10,16H2,1-2H3;1H. The Balaban J connectivity index is 0.00000161. The number of hydrogen-bond acceptors (Lipinski definition) is 4. The molecule has 4 aliphatic carbocycles. The first-order valence-corrected chi connectivity index (χ1v) is 9.77. The molecule has 4 fully saturated rings. The maximum absolute atomic E-state index is 13.1. The quantitative estimate of drug-likeness (QED) is 0.739. The highest BCUT2D eigenvalue weighted by Gasteiger charge is 2.58. The maximum atomic E-state index is 13.1. The molecule has 0 amide bonds. The predicted molar refractivity (Wildman–Crippen MR) is 86.7 cm³/mol. The molecule has 4 bridgehead atoms. The molecule has 2 N–H and O–H groups in total. The Morgan fingerprint density at radius 3 is 1.76 bits per heavy atom. The van der Waals surface area contributed by atoms with E-state index in [1.165, 1.54) is 19.3 Å². The van der Waals surface area contributed by atoms with Crippen LogP contribution in [-0.2, 0) is 13.6 Å². The molecule has 6 heteroatoms. The number of hydrogen-bond donors (Lipinski definition) is 1. The van der Waals surface area contributed by atoms with Crippen molar-refractivity contribution in [2.75, 3.05) is 13.2 Å². The van der Waals surface area contributed by atoms with Gasteiger partial charge in [-0.1, -0.05) is 0 Å². The van der Waals surface area contributed by atoms with Gasteiger partial charge in [0, 0.05) is 0 Å². The van der Waals surface area contributed by atoms with Gasteiger partial charge in [0.05, 0.1) is 13.2 Å². The molecular formula is C15H29ClNO3P. The van der Waals surface area contributed by atoms with Crippen LogP contribution < -0.4 is 5.73 Å². The van der Waals surface area contributed by atoms with Crippen LogP contribution in [-0.4, -0.2) is 19.0 Å². The third-order valence-electron chi connectivity index (χ3n) is 5.67. The summed E-state index contributed by atoms with van der Waals surface area (Å²) in [6, 6.07) is 0. The van der Waals surface area contributed by atoms with Crippen LogP contribution in [0.2, 0.25) is 0 Å². The average Bonchev–Trinajstić information content (AvgIpc) is 2.36. The molecular weight excluding hydrogens is 309 g/mol. The van der Waals surface area contributed by atoms with Crippen molar-refractivity contribution in [2.24, 2.45) is 28.9 Å². The fourth-order valence-corrected chi connectivity index (χ4v) is 7.54. The zero-order valence-electron chi connectivity index (χ0n) is 13.1. The van der Waals surface area contributed by atoms with Crippen molar-refractivity contribution < 1.29 is 13.6 Å². The van der Waals surface area contributed by atoms with Gasteiger partial charge in [-0.05, 0) is 75.5 Å². The molecule has 0 radical (unpaired) electrons. The summed E-state index contributed by atoms with van der Waals surface area (Å²) in [5.74, 6) is 1.94. The van der Waals surface area contributed by atoms with Crippen molar-refractivity contribution in [1.82, 2.24) is 0 Å². The molecule has 0 aliphatic heterocycles. The Hall–Kier alpha value is 0.400. The highest BCUT2D eigenvalue weighted by molar-refractivity contribution is 7.54. The van der Waals surface area contributed by atoms with Gasteiger partial charge in [0.2, 0.25) is 0 Å². The van der Waals surface area contributed by atoms with Gasteiger partial charge in [-0.25, -0.2) is 0 Å². The maximum Gasteiger partial charge on any atom is 0.347 e. The summed E-state index contributed by atoms with van der Waals surface area (Å²) >= 11 is 0. The molecule has 0 aromatic carbocycles. The first-order valence-electron chi connectivity index (χ1n) is 8.15. The Kier molecular flexibility index (Phi) is 5.48. The molecule has 0 aromatic rings. The minimum absolute atomic E-state index is 0. The summed E-state index contributed by atoms with van der Waals surface area (Å²) in [5.41, 5.74) is 6.52. The lowest BCUT2D eigenvalue weighted by Gasteiger charge is -2.59. The second-order valence-corrected chi connectivity index (χ2v) is 9.25. The van der Waals surface area contributed by atoms with Crippen LogP contribution in [0.25, 0.3) is 0 Å². The molecule has 0 aromatic heterocycles. The number of nitrogens with two attached hydrogens (primary N) is 1. The minimum Gasteiger partial charge on any atom is -0.317 e. The molecule has 0 spiro atoms. The van der Waals surface area contributed by atoms with Gasteiger partial charge in [0.25, 0.3) is 0 Å². The SMILES string of the molecule is CCOP(=O)(OCC)C(N)C12CC3CC(CC(C3)C1)C2.Cl. The first kappa shape index (κ1) is 17.7. The van der Waals surface area contributed by atoms with Crippen LogP contribution in [0.1, 0.15) is 52.4 Å². The zero-order valence-corrected chi connectivity index (χ0v) is 14.8. The van der Waals surface area contributed by atoms with Gasteiger partial charge < -0.3 is 14.8 Å². The molecule has 0 saturated heterocycles. The molecule has 4 rings (SSSR count). The summed E-state index contributed by atoms with van der Waals surface area (Å²) in [4.78, 5) is 0. The number of halogens is 1. The molecule has 124 valence electrons. The van der Waals surface area contributed by atoms with Gasteiger partial charge in [0.15, 0.2) is 0 Å². The highest BCUT2D eigenvalue weighted by Crippen LogP contribution is 2.68. The van der Waals surface area contributed by atoms with E-state index in [2.05, 4.69) is 0 Å². The predicted octanol–water partition coefficient (Wildman–Crippen LogP) is 4.18. The van der Waals surface area contributed by atoms with E-state index in [0.29, 0.717) is 13.2 Å². The lowest BCUT2D eigenvalue weighted by atomic mass is 9.49. The van der Waals surface area contributed by atoms with Gasteiger partial charge in [-0.3, -0.25) is 4.57 Å². The third kappa shape index (κ3) is 3.07. The van der Waals surface area contributed by atoms with Gasteiger partial charge in [-0.15, -0.1) is 12.4 Å². The van der Waals surface area contributed by atoms with E-state index >= 15 is 0 Å². The van der Waals surface area contributed by atoms with E-state index in [4.69, 9.17) is 14.8 Å². The van der Waals surface area contributed by atoms with E-state index in [9.17, 15) is 4.57 Å². The lowest BCUT2D eigenvalue weighted by Crippen LogP contribution is -2.54. The van der Waals surface area contributed by atoms with Crippen LogP contribution in [0.4, 0.5) is 0 Å². The molecule has 4 aliphatic rings. The zero-order chi connectivity index (χ0) is 14.4. The lowest BCUT2D eigenvalue weighted by molar-refractivity contribution is -0.0583. The molecule has 21 heavy (non-hydrogen) atoms. The van der Waals surface area contributed by atoms with Crippen molar-refractivity contribution in [3.8, 4) is 0 Å². The Bertz CT molecular complexity index is 372. The molecule has 4 saturated carbocycles. The van der Waals surface area contributed by atoms with Crippen LogP contribution in [0.5, 0.6) is 0 Å². The second kappa shape index (κ2) is 6.49. The van der Waals surface area contributed by atoms with Crippen molar-refractivity contribution in [1.29, 1.82) is 0 Å². The van der Waals surface area contributed by atoms with E-state index in [0.717, 1.165) is 37.0 Å². The van der Waals surface area contributed by atoms with Crippen molar-refractivity contribution in [3.05, 3.63) is 0 Å². The van der Waals surface area contributed by atoms with E-state index < -0.39 is 13.4 Å². The smallest absolute Gasteiger partial charge is 0.317 e. The molecule has 4 nitrogen and oxygen atoms in total. The minimum atomic E-state index is -3.18. The van der Waals surface area contributed by atoms with Crippen molar-refractivity contribution in [3.63, 3.8) is 0 Å². The molecule has 0 heterocycles. The summed E-state index contributed by atoms with van der Waals surface area (Å²) in [7, 11) is -3.18. The summed E-state index contributed by atoms with van der Waals surface area (Å²) < 4.78 is 24.1. The summed E-state index contributed by atoms with van der Waals surface area (Å²) in [5, 5.41) is 0. The fourth-order valence-electron chi connectivity index (χ4n) is 5.43. The van der Waals surface area contributed by atoms with Gasteiger partial charge in [-0.2, -0.15) is 0 Å². The topological polar surface area (TPSA) is 61.5 Å². The second-order valence-electron chi connectivity index (χ2n) is 7.10. The largest absolute Gasteiger partial charge is 0.347 e.